The molecule has 1 fully saturated rings. The molecule has 6 rings (SSSR count). The van der Waals surface area contributed by atoms with Gasteiger partial charge in [-0.3, -0.25) is 4.79 Å². The second-order valence-electron chi connectivity index (χ2n) is 11.1. The molecule has 43 heavy (non-hydrogen) atoms. The first kappa shape index (κ1) is 28.0. The Morgan fingerprint density at radius 3 is 2.47 bits per heavy atom. The molecule has 8 nitrogen and oxygen atoms in total. The molecule has 0 radical (unpaired) electrons. The number of aryl methyl sites for hydroxylation is 2. The topological polar surface area (TPSA) is 105 Å². The maximum absolute atomic E-state index is 13.2. The molecule has 0 atom stereocenters. The van der Waals surface area contributed by atoms with Crippen molar-refractivity contribution in [3.05, 3.63) is 108 Å². The highest BCUT2D eigenvalue weighted by Gasteiger charge is 2.22. The molecule has 1 amide bonds. The fourth-order valence-electron chi connectivity index (χ4n) is 5.46. The van der Waals surface area contributed by atoms with Crippen molar-refractivity contribution < 1.29 is 23.8 Å². The first-order valence-electron chi connectivity index (χ1n) is 14.4. The minimum Gasteiger partial charge on any atom is -0.493 e. The van der Waals surface area contributed by atoms with Crippen LogP contribution in [0.2, 0.25) is 0 Å². The van der Waals surface area contributed by atoms with Crippen LogP contribution in [0.1, 0.15) is 44.9 Å². The van der Waals surface area contributed by atoms with E-state index in [1.165, 1.54) is 5.56 Å². The highest BCUT2D eigenvalue weighted by Crippen LogP contribution is 2.31. The maximum atomic E-state index is 13.2. The Balaban J connectivity index is 1.04. The lowest BCUT2D eigenvalue weighted by atomic mass is 9.98. The van der Waals surface area contributed by atoms with Crippen molar-refractivity contribution >= 4 is 34.4 Å². The summed E-state index contributed by atoms with van der Waals surface area (Å²) in [5.41, 5.74) is 5.69. The highest BCUT2D eigenvalue weighted by atomic mass is 16.5. The number of carbonyl (C=O) groups excluding carboxylic acids is 1. The molecule has 8 heteroatoms. The number of amides is 1. The van der Waals surface area contributed by atoms with Crippen molar-refractivity contribution in [3.63, 3.8) is 0 Å². The van der Waals surface area contributed by atoms with Crippen molar-refractivity contribution in [3.8, 4) is 16.9 Å². The summed E-state index contributed by atoms with van der Waals surface area (Å²) in [5, 5.41) is 13.0. The summed E-state index contributed by atoms with van der Waals surface area (Å²) in [6.45, 7) is 6.19. The van der Waals surface area contributed by atoms with Crippen molar-refractivity contribution in [1.82, 2.24) is 4.98 Å². The molecule has 2 aromatic heterocycles. The smallest absolute Gasteiger partial charge is 0.335 e. The van der Waals surface area contributed by atoms with Gasteiger partial charge in [-0.15, -0.1) is 0 Å². The number of hydrogen-bond donors (Lipinski definition) is 2. The molecule has 3 aromatic carbocycles. The number of carboxylic acids is 1. The van der Waals surface area contributed by atoms with E-state index in [2.05, 4.69) is 52.5 Å². The quantitative estimate of drug-likeness (QED) is 0.199. The molecule has 0 bridgehead atoms. The number of carboxylic acid groups (broad SMARTS) is 1. The summed E-state index contributed by atoms with van der Waals surface area (Å²) in [6, 6.07) is 24.7. The van der Waals surface area contributed by atoms with Crippen LogP contribution in [0.3, 0.4) is 0 Å². The summed E-state index contributed by atoms with van der Waals surface area (Å²) >= 11 is 0. The second kappa shape index (κ2) is 12.0. The number of benzene rings is 3. The summed E-state index contributed by atoms with van der Waals surface area (Å²) in [6.07, 6.45) is 3.55. The molecular weight excluding hydrogens is 542 g/mol. The number of aromatic nitrogens is 1. The first-order valence-corrected chi connectivity index (χ1v) is 14.4. The lowest BCUT2D eigenvalue weighted by molar-refractivity contribution is 0.0696. The Hall–Kier alpha value is -5.11. The number of fused-ring (bicyclic) bond motifs is 1. The third-order valence-electron chi connectivity index (χ3n) is 8.04. The predicted octanol–water partition coefficient (Wildman–Crippen LogP) is 7.36. The van der Waals surface area contributed by atoms with Crippen LogP contribution in [0.25, 0.3) is 22.1 Å². The fourth-order valence-corrected chi connectivity index (χ4v) is 5.46. The standard InChI is InChI=1S/C35H33N3O5/c1-22-6-8-25(9-7-22)26-10-12-31-30(19-26)23(2)33(43-31)34(39)37-28-11-13-32(36-20-28)38-16-14-24(15-17-38)21-42-29-5-3-4-27(18-29)35(40)41/h3-13,18-20,24H,14-17,21H2,1-2H3,(H,37,39)(H,40,41). The van der Waals surface area contributed by atoms with Gasteiger partial charge in [-0.25, -0.2) is 9.78 Å². The Morgan fingerprint density at radius 1 is 0.977 bits per heavy atom. The zero-order valence-electron chi connectivity index (χ0n) is 24.2. The second-order valence-corrected chi connectivity index (χ2v) is 11.1. The van der Waals surface area contributed by atoms with Gasteiger partial charge in [0, 0.05) is 24.0 Å². The van der Waals surface area contributed by atoms with Crippen LogP contribution >= 0.6 is 0 Å². The largest absolute Gasteiger partial charge is 0.493 e. The zero-order chi connectivity index (χ0) is 29.9. The summed E-state index contributed by atoms with van der Waals surface area (Å²) in [5.74, 6) is 0.827. The Kier molecular flexibility index (Phi) is 7.83. The molecular formula is C35H33N3O5. The van der Waals surface area contributed by atoms with E-state index in [0.29, 0.717) is 35.3 Å². The number of rotatable bonds is 8. The molecule has 0 aliphatic carbocycles. The van der Waals surface area contributed by atoms with Gasteiger partial charge in [0.15, 0.2) is 5.76 Å². The minimum absolute atomic E-state index is 0.221. The van der Waals surface area contributed by atoms with E-state index in [1.807, 2.05) is 31.2 Å². The molecule has 3 heterocycles. The number of carbonyl (C=O) groups is 2. The van der Waals surface area contributed by atoms with Crippen molar-refractivity contribution in [2.24, 2.45) is 5.92 Å². The monoisotopic (exact) mass is 575 g/mol. The van der Waals surface area contributed by atoms with Crippen LogP contribution in [0.5, 0.6) is 5.75 Å². The number of aromatic carboxylic acids is 1. The minimum atomic E-state index is -0.964. The van der Waals surface area contributed by atoms with Crippen molar-refractivity contribution in [1.29, 1.82) is 0 Å². The highest BCUT2D eigenvalue weighted by molar-refractivity contribution is 6.06. The molecule has 0 unspecified atom stereocenters. The molecule has 1 saturated heterocycles. The van der Waals surface area contributed by atoms with E-state index < -0.39 is 5.97 Å². The van der Waals surface area contributed by atoms with Crippen molar-refractivity contribution in [2.75, 3.05) is 29.9 Å². The molecule has 1 aliphatic heterocycles. The van der Waals surface area contributed by atoms with Crippen LogP contribution < -0.4 is 15.0 Å². The van der Waals surface area contributed by atoms with E-state index >= 15 is 0 Å². The van der Waals surface area contributed by atoms with E-state index in [9.17, 15) is 9.59 Å². The van der Waals surface area contributed by atoms with Gasteiger partial charge in [0.1, 0.15) is 17.2 Å². The molecule has 218 valence electrons. The number of furan rings is 1. The van der Waals surface area contributed by atoms with E-state index in [4.69, 9.17) is 14.3 Å². The average molecular weight is 576 g/mol. The Labute approximate surface area is 249 Å². The number of nitrogens with one attached hydrogen (secondary N) is 1. The third-order valence-corrected chi connectivity index (χ3v) is 8.04. The fraction of sp³-hybridized carbons (Fsp3) is 0.229. The molecule has 0 saturated carbocycles. The van der Waals surface area contributed by atoms with Crippen LogP contribution in [0, 0.1) is 19.8 Å². The Bertz CT molecular complexity index is 1770. The molecule has 1 aliphatic rings. The average Bonchev–Trinajstić information content (AvgIpc) is 3.37. The first-order chi connectivity index (χ1) is 20.8. The van der Waals surface area contributed by atoms with Gasteiger partial charge >= 0.3 is 5.97 Å². The molecule has 2 N–H and O–H groups in total. The normalized spacial score (nSPS) is 13.7. The zero-order valence-corrected chi connectivity index (χ0v) is 24.2. The lowest BCUT2D eigenvalue weighted by Gasteiger charge is -2.32. The lowest BCUT2D eigenvalue weighted by Crippen LogP contribution is -2.36. The van der Waals surface area contributed by atoms with Gasteiger partial charge in [-0.05, 0) is 86.2 Å². The van der Waals surface area contributed by atoms with Crippen LogP contribution in [-0.4, -0.2) is 41.7 Å². The number of pyridine rings is 1. The van der Waals surface area contributed by atoms with E-state index in [-0.39, 0.29) is 11.5 Å². The maximum Gasteiger partial charge on any atom is 0.335 e. The van der Waals surface area contributed by atoms with Crippen molar-refractivity contribution in [2.45, 2.75) is 26.7 Å². The van der Waals surface area contributed by atoms with Gasteiger partial charge in [0.2, 0.25) is 0 Å². The van der Waals surface area contributed by atoms with Gasteiger partial charge in [0.05, 0.1) is 24.1 Å². The number of ether oxygens (including phenoxy) is 1. The summed E-state index contributed by atoms with van der Waals surface area (Å²) in [4.78, 5) is 31.2. The predicted molar refractivity (Wildman–Crippen MR) is 167 cm³/mol. The SMILES string of the molecule is Cc1ccc(-c2ccc3oc(C(=O)Nc4ccc(N5CCC(COc6cccc(C(=O)O)c6)CC5)nc4)c(C)c3c2)cc1. The van der Waals surface area contributed by atoms with Gasteiger partial charge in [-0.2, -0.15) is 0 Å². The number of nitrogens with zero attached hydrogens (tertiary/aromatic N) is 2. The molecule has 5 aromatic rings. The van der Waals surface area contributed by atoms with E-state index in [1.54, 1.807) is 30.5 Å². The number of piperidine rings is 1. The van der Waals surface area contributed by atoms with Gasteiger partial charge in [0.25, 0.3) is 5.91 Å². The van der Waals surface area contributed by atoms with E-state index in [0.717, 1.165) is 53.8 Å². The van der Waals surface area contributed by atoms with Gasteiger partial charge < -0.3 is 24.5 Å². The molecule has 0 spiro atoms. The third kappa shape index (κ3) is 6.23. The summed E-state index contributed by atoms with van der Waals surface area (Å²) in [7, 11) is 0. The van der Waals surface area contributed by atoms with Crippen LogP contribution in [0.4, 0.5) is 11.5 Å². The number of anilines is 2. The van der Waals surface area contributed by atoms with Crippen LogP contribution in [0.15, 0.2) is 89.5 Å². The number of hydrogen-bond acceptors (Lipinski definition) is 6. The van der Waals surface area contributed by atoms with Crippen LogP contribution in [-0.2, 0) is 0 Å². The Morgan fingerprint density at radius 2 is 1.74 bits per heavy atom. The summed E-state index contributed by atoms with van der Waals surface area (Å²) < 4.78 is 11.8. The van der Waals surface area contributed by atoms with Gasteiger partial charge in [-0.1, -0.05) is 42.0 Å².